The van der Waals surface area contributed by atoms with Gasteiger partial charge in [0.25, 0.3) is 0 Å². The molecule has 27 heavy (non-hydrogen) atoms. The standard InChI is InChI=1S/C19H14IN5OS/c20-15-9-3-4-10-16(15)21-18(26)12-27-19-22-23-24-25(19)17-11-5-7-13-6-1-2-8-14(13)17/h1-11H,12H2,(H,21,26). The quantitative estimate of drug-likeness (QED) is 0.338. The van der Waals surface area contributed by atoms with E-state index in [1.54, 1.807) is 4.68 Å². The van der Waals surface area contributed by atoms with Crippen LogP contribution in [0.25, 0.3) is 16.5 Å². The van der Waals surface area contributed by atoms with Crippen molar-refractivity contribution in [3.63, 3.8) is 0 Å². The molecule has 4 rings (SSSR count). The molecule has 1 aromatic heterocycles. The second-order valence-electron chi connectivity index (χ2n) is 5.69. The molecule has 1 amide bonds. The molecule has 134 valence electrons. The van der Waals surface area contributed by atoms with Crippen molar-refractivity contribution in [3.8, 4) is 5.69 Å². The van der Waals surface area contributed by atoms with Crippen LogP contribution >= 0.6 is 34.4 Å². The van der Waals surface area contributed by atoms with Crippen LogP contribution in [0.5, 0.6) is 0 Å². The summed E-state index contributed by atoms with van der Waals surface area (Å²) in [5, 5.41) is 17.6. The fraction of sp³-hybridized carbons (Fsp3) is 0.0526. The number of para-hydroxylation sites is 1. The molecule has 0 spiro atoms. The highest BCUT2D eigenvalue weighted by Crippen LogP contribution is 2.25. The molecule has 3 aromatic carbocycles. The Kier molecular flexibility index (Phi) is 5.35. The van der Waals surface area contributed by atoms with Crippen LogP contribution in [-0.2, 0) is 4.79 Å². The zero-order valence-electron chi connectivity index (χ0n) is 14.0. The topological polar surface area (TPSA) is 72.7 Å². The first-order valence-electron chi connectivity index (χ1n) is 8.16. The average molecular weight is 487 g/mol. The molecular weight excluding hydrogens is 473 g/mol. The fourth-order valence-corrected chi connectivity index (χ4v) is 3.90. The second-order valence-corrected chi connectivity index (χ2v) is 7.79. The van der Waals surface area contributed by atoms with Crippen molar-refractivity contribution in [2.24, 2.45) is 0 Å². The molecule has 0 aliphatic heterocycles. The van der Waals surface area contributed by atoms with Crippen molar-refractivity contribution in [2.45, 2.75) is 5.16 Å². The third kappa shape index (κ3) is 3.96. The Morgan fingerprint density at radius 2 is 1.81 bits per heavy atom. The second kappa shape index (κ2) is 8.05. The van der Waals surface area contributed by atoms with Gasteiger partial charge < -0.3 is 5.32 Å². The normalized spacial score (nSPS) is 10.9. The Labute approximate surface area is 173 Å². The van der Waals surface area contributed by atoms with Gasteiger partial charge in [-0.05, 0) is 56.6 Å². The molecule has 0 bridgehead atoms. The van der Waals surface area contributed by atoms with Gasteiger partial charge in [0, 0.05) is 8.96 Å². The predicted octanol–water partition coefficient (Wildman–Crippen LogP) is 4.15. The molecular formula is C19H14IN5OS. The fourth-order valence-electron chi connectivity index (χ4n) is 2.69. The van der Waals surface area contributed by atoms with Crippen molar-refractivity contribution in [3.05, 3.63) is 70.3 Å². The van der Waals surface area contributed by atoms with E-state index < -0.39 is 0 Å². The Morgan fingerprint density at radius 3 is 2.70 bits per heavy atom. The number of hydrogen-bond acceptors (Lipinski definition) is 5. The van der Waals surface area contributed by atoms with Gasteiger partial charge >= 0.3 is 0 Å². The highest BCUT2D eigenvalue weighted by atomic mass is 127. The van der Waals surface area contributed by atoms with Crippen LogP contribution in [0, 0.1) is 3.57 Å². The molecule has 0 fully saturated rings. The predicted molar refractivity (Wildman–Crippen MR) is 115 cm³/mol. The lowest BCUT2D eigenvalue weighted by Gasteiger charge is -2.09. The lowest BCUT2D eigenvalue weighted by atomic mass is 10.1. The number of tetrazole rings is 1. The average Bonchev–Trinajstić information content (AvgIpc) is 3.16. The molecule has 1 heterocycles. The first-order chi connectivity index (χ1) is 13.2. The van der Waals surface area contributed by atoms with Crippen LogP contribution in [0.1, 0.15) is 0 Å². The number of nitrogens with zero attached hydrogens (tertiary/aromatic N) is 4. The number of anilines is 1. The summed E-state index contributed by atoms with van der Waals surface area (Å²) in [6, 6.07) is 21.7. The summed E-state index contributed by atoms with van der Waals surface area (Å²) in [7, 11) is 0. The summed E-state index contributed by atoms with van der Waals surface area (Å²) < 4.78 is 2.67. The van der Waals surface area contributed by atoms with E-state index in [4.69, 9.17) is 0 Å². The van der Waals surface area contributed by atoms with Crippen LogP contribution < -0.4 is 5.32 Å². The molecule has 0 unspecified atom stereocenters. The molecule has 0 saturated heterocycles. The maximum Gasteiger partial charge on any atom is 0.234 e. The molecule has 0 atom stereocenters. The highest BCUT2D eigenvalue weighted by molar-refractivity contribution is 14.1. The van der Waals surface area contributed by atoms with Gasteiger partial charge in [0.15, 0.2) is 0 Å². The SMILES string of the molecule is O=C(CSc1nnnn1-c1cccc2ccccc12)Nc1ccccc1I. The summed E-state index contributed by atoms with van der Waals surface area (Å²) >= 11 is 3.50. The third-order valence-corrected chi connectivity index (χ3v) is 5.78. The number of amides is 1. The summed E-state index contributed by atoms with van der Waals surface area (Å²) in [5.41, 5.74) is 1.69. The lowest BCUT2D eigenvalue weighted by molar-refractivity contribution is -0.113. The molecule has 0 aliphatic carbocycles. The van der Waals surface area contributed by atoms with Gasteiger partial charge in [-0.15, -0.1) is 5.10 Å². The molecule has 0 radical (unpaired) electrons. The van der Waals surface area contributed by atoms with E-state index in [2.05, 4.69) is 43.4 Å². The maximum absolute atomic E-state index is 12.3. The van der Waals surface area contributed by atoms with Gasteiger partial charge in [0.05, 0.1) is 17.1 Å². The Balaban J connectivity index is 1.53. The molecule has 0 aliphatic rings. The van der Waals surface area contributed by atoms with Crippen molar-refractivity contribution in [1.29, 1.82) is 0 Å². The Bertz CT molecular complexity index is 1110. The number of carbonyl (C=O) groups excluding carboxylic acids is 1. The number of fused-ring (bicyclic) bond motifs is 1. The van der Waals surface area contributed by atoms with Gasteiger partial charge in [-0.3, -0.25) is 4.79 Å². The van der Waals surface area contributed by atoms with E-state index in [1.165, 1.54) is 11.8 Å². The largest absolute Gasteiger partial charge is 0.324 e. The molecule has 8 heteroatoms. The van der Waals surface area contributed by atoms with Crippen LogP contribution in [0.2, 0.25) is 0 Å². The number of aromatic nitrogens is 4. The molecule has 1 N–H and O–H groups in total. The van der Waals surface area contributed by atoms with Gasteiger partial charge in [0.2, 0.25) is 11.1 Å². The minimum atomic E-state index is -0.100. The number of thioether (sulfide) groups is 1. The summed E-state index contributed by atoms with van der Waals surface area (Å²) in [6.45, 7) is 0. The number of benzene rings is 3. The van der Waals surface area contributed by atoms with Gasteiger partial charge in [-0.25, -0.2) is 0 Å². The van der Waals surface area contributed by atoms with E-state index in [1.807, 2.05) is 66.7 Å². The van der Waals surface area contributed by atoms with Crippen LogP contribution in [0.4, 0.5) is 5.69 Å². The molecule has 0 saturated carbocycles. The van der Waals surface area contributed by atoms with Crippen molar-refractivity contribution in [2.75, 3.05) is 11.1 Å². The van der Waals surface area contributed by atoms with Crippen LogP contribution in [0.3, 0.4) is 0 Å². The minimum absolute atomic E-state index is 0.100. The van der Waals surface area contributed by atoms with Gasteiger partial charge in [-0.2, -0.15) is 4.68 Å². The summed E-state index contributed by atoms with van der Waals surface area (Å²) in [5.74, 6) is 0.118. The van der Waals surface area contributed by atoms with Gasteiger partial charge in [0.1, 0.15) is 0 Å². The number of halogens is 1. The monoisotopic (exact) mass is 487 g/mol. The number of rotatable bonds is 5. The summed E-state index contributed by atoms with van der Waals surface area (Å²) in [4.78, 5) is 12.3. The number of nitrogens with one attached hydrogen (secondary N) is 1. The van der Waals surface area contributed by atoms with E-state index in [0.29, 0.717) is 5.16 Å². The van der Waals surface area contributed by atoms with E-state index in [0.717, 1.165) is 25.7 Å². The van der Waals surface area contributed by atoms with E-state index >= 15 is 0 Å². The highest BCUT2D eigenvalue weighted by Gasteiger charge is 2.14. The third-order valence-electron chi connectivity index (χ3n) is 3.92. The Morgan fingerprint density at radius 1 is 1.04 bits per heavy atom. The zero-order chi connectivity index (χ0) is 18.6. The molecule has 6 nitrogen and oxygen atoms in total. The Hall–Kier alpha value is -2.46. The van der Waals surface area contributed by atoms with E-state index in [-0.39, 0.29) is 11.7 Å². The zero-order valence-corrected chi connectivity index (χ0v) is 17.0. The van der Waals surface area contributed by atoms with Crippen LogP contribution in [-0.4, -0.2) is 31.9 Å². The van der Waals surface area contributed by atoms with E-state index in [9.17, 15) is 4.79 Å². The lowest BCUT2D eigenvalue weighted by Crippen LogP contribution is -2.15. The van der Waals surface area contributed by atoms with Crippen LogP contribution in [0.15, 0.2) is 71.9 Å². The van der Waals surface area contributed by atoms with Gasteiger partial charge in [-0.1, -0.05) is 60.3 Å². The minimum Gasteiger partial charge on any atom is -0.324 e. The number of carbonyl (C=O) groups is 1. The summed E-state index contributed by atoms with van der Waals surface area (Å²) in [6.07, 6.45) is 0. The maximum atomic E-state index is 12.3. The van der Waals surface area contributed by atoms with Crippen molar-refractivity contribution in [1.82, 2.24) is 20.2 Å². The first kappa shape index (κ1) is 17.9. The smallest absolute Gasteiger partial charge is 0.234 e. The first-order valence-corrected chi connectivity index (χ1v) is 10.2. The molecule has 4 aromatic rings. The van der Waals surface area contributed by atoms with Crippen molar-refractivity contribution < 1.29 is 4.79 Å². The van der Waals surface area contributed by atoms with Crippen molar-refractivity contribution >= 4 is 56.7 Å². The number of hydrogen-bond donors (Lipinski definition) is 1.